The lowest BCUT2D eigenvalue weighted by Crippen LogP contribution is -2.11. The Labute approximate surface area is 120 Å². The molecule has 0 unspecified atom stereocenters. The summed E-state index contributed by atoms with van der Waals surface area (Å²) in [6.45, 7) is 0.305. The highest BCUT2D eigenvalue weighted by Gasteiger charge is 2.06. The highest BCUT2D eigenvalue weighted by molar-refractivity contribution is 6.31. The molecule has 0 radical (unpaired) electrons. The second-order valence-corrected chi connectivity index (χ2v) is 4.76. The van der Waals surface area contributed by atoms with Crippen LogP contribution in [0.2, 0.25) is 10.0 Å². The topological polar surface area (TPSA) is 52.3 Å². The molecule has 5 heteroatoms. The van der Waals surface area contributed by atoms with Crippen LogP contribution in [0.1, 0.15) is 15.9 Å². The Morgan fingerprint density at radius 3 is 2.37 bits per heavy atom. The fraction of sp³-hybridized carbons (Fsp3) is 0.0714. The number of rotatable bonds is 4. The van der Waals surface area contributed by atoms with Gasteiger partial charge in [-0.15, -0.1) is 0 Å². The van der Waals surface area contributed by atoms with Crippen molar-refractivity contribution in [1.29, 1.82) is 0 Å². The van der Waals surface area contributed by atoms with Gasteiger partial charge in [0, 0.05) is 21.2 Å². The van der Waals surface area contributed by atoms with Crippen molar-refractivity contribution in [3.63, 3.8) is 0 Å². The monoisotopic (exact) mass is 295 g/mol. The molecule has 0 saturated heterocycles. The summed E-state index contributed by atoms with van der Waals surface area (Å²) in [6, 6.07) is 11.9. The maximum Gasteiger partial charge on any atom is 0.248 e. The molecule has 19 heavy (non-hydrogen) atoms. The van der Waals surface area contributed by atoms with Gasteiger partial charge in [-0.2, -0.15) is 0 Å². The van der Waals surface area contributed by atoms with E-state index in [2.05, 4.69) is 0 Å². The van der Waals surface area contributed by atoms with Crippen molar-refractivity contribution >= 4 is 29.1 Å². The minimum Gasteiger partial charge on any atom is -0.489 e. The van der Waals surface area contributed by atoms with E-state index in [-0.39, 0.29) is 0 Å². The van der Waals surface area contributed by atoms with Crippen LogP contribution in [0, 0.1) is 0 Å². The molecule has 0 heterocycles. The highest BCUT2D eigenvalue weighted by Crippen LogP contribution is 2.21. The minimum absolute atomic E-state index is 0.305. The van der Waals surface area contributed by atoms with E-state index in [9.17, 15) is 4.79 Å². The van der Waals surface area contributed by atoms with E-state index in [4.69, 9.17) is 33.7 Å². The molecule has 2 aromatic carbocycles. The molecular weight excluding hydrogens is 285 g/mol. The third-order valence-electron chi connectivity index (χ3n) is 2.55. The third-order valence-corrected chi connectivity index (χ3v) is 3.15. The molecule has 0 fully saturated rings. The Bertz CT molecular complexity index is 597. The number of nitrogens with two attached hydrogens (primary N) is 1. The Hall–Kier alpha value is -1.71. The first-order chi connectivity index (χ1) is 9.06. The zero-order valence-corrected chi connectivity index (χ0v) is 11.4. The smallest absolute Gasteiger partial charge is 0.248 e. The van der Waals surface area contributed by atoms with Crippen molar-refractivity contribution in [2.75, 3.05) is 0 Å². The molecule has 2 aromatic rings. The molecule has 98 valence electrons. The Kier molecular flexibility index (Phi) is 4.30. The van der Waals surface area contributed by atoms with Crippen molar-refractivity contribution < 1.29 is 9.53 Å². The Morgan fingerprint density at radius 1 is 1.11 bits per heavy atom. The lowest BCUT2D eigenvalue weighted by molar-refractivity contribution is 0.1000. The van der Waals surface area contributed by atoms with Crippen molar-refractivity contribution in [2.24, 2.45) is 5.73 Å². The SMILES string of the molecule is NC(=O)c1ccc(COc2ccc(Cl)cc2)c(Cl)c1. The van der Waals surface area contributed by atoms with E-state index in [1.807, 2.05) is 0 Å². The van der Waals surface area contributed by atoms with E-state index in [0.717, 1.165) is 5.56 Å². The van der Waals surface area contributed by atoms with Gasteiger partial charge in [0.2, 0.25) is 5.91 Å². The third kappa shape index (κ3) is 3.63. The molecule has 2 rings (SSSR count). The summed E-state index contributed by atoms with van der Waals surface area (Å²) < 4.78 is 5.57. The van der Waals surface area contributed by atoms with Crippen molar-refractivity contribution in [1.82, 2.24) is 0 Å². The van der Waals surface area contributed by atoms with Crippen LogP contribution < -0.4 is 10.5 Å². The van der Waals surface area contributed by atoms with Crippen LogP contribution in [-0.4, -0.2) is 5.91 Å². The van der Waals surface area contributed by atoms with Gasteiger partial charge in [0.1, 0.15) is 12.4 Å². The number of hydrogen-bond acceptors (Lipinski definition) is 2. The van der Waals surface area contributed by atoms with Crippen molar-refractivity contribution in [3.05, 3.63) is 63.6 Å². The van der Waals surface area contributed by atoms with Gasteiger partial charge in [-0.25, -0.2) is 0 Å². The van der Waals surface area contributed by atoms with E-state index < -0.39 is 5.91 Å². The summed E-state index contributed by atoms with van der Waals surface area (Å²) in [4.78, 5) is 11.0. The van der Waals surface area contributed by atoms with E-state index >= 15 is 0 Å². The largest absolute Gasteiger partial charge is 0.489 e. The second kappa shape index (κ2) is 5.95. The molecule has 0 spiro atoms. The zero-order chi connectivity index (χ0) is 13.8. The fourth-order valence-electron chi connectivity index (χ4n) is 1.51. The molecule has 0 atom stereocenters. The first-order valence-corrected chi connectivity index (χ1v) is 6.28. The van der Waals surface area contributed by atoms with Gasteiger partial charge < -0.3 is 10.5 Å². The molecular formula is C14H11Cl2NO2. The van der Waals surface area contributed by atoms with E-state index in [1.165, 1.54) is 6.07 Å². The molecule has 0 aromatic heterocycles. The number of carbonyl (C=O) groups excluding carboxylic acids is 1. The number of halogens is 2. The molecule has 1 amide bonds. The summed E-state index contributed by atoms with van der Waals surface area (Å²) in [5.41, 5.74) is 6.33. The minimum atomic E-state index is -0.507. The standard InChI is InChI=1S/C14H11Cl2NO2/c15-11-3-5-12(6-4-11)19-8-10-2-1-9(14(17)18)7-13(10)16/h1-7H,8H2,(H2,17,18). The number of ether oxygens (including phenoxy) is 1. The van der Waals surface area contributed by atoms with Gasteiger partial charge in [-0.3, -0.25) is 4.79 Å². The number of amides is 1. The maximum absolute atomic E-state index is 11.0. The van der Waals surface area contributed by atoms with Crippen LogP contribution in [0.4, 0.5) is 0 Å². The summed E-state index contributed by atoms with van der Waals surface area (Å²) in [6.07, 6.45) is 0. The predicted molar refractivity (Wildman–Crippen MR) is 75.8 cm³/mol. The molecule has 0 aliphatic heterocycles. The van der Waals surface area contributed by atoms with Gasteiger partial charge in [0.15, 0.2) is 0 Å². The van der Waals surface area contributed by atoms with Gasteiger partial charge in [-0.1, -0.05) is 29.3 Å². The molecule has 2 N–H and O–H groups in total. The Balaban J connectivity index is 2.07. The quantitative estimate of drug-likeness (QED) is 0.935. The highest BCUT2D eigenvalue weighted by atomic mass is 35.5. The van der Waals surface area contributed by atoms with Crippen LogP contribution in [0.15, 0.2) is 42.5 Å². The first-order valence-electron chi connectivity index (χ1n) is 5.53. The zero-order valence-electron chi connectivity index (χ0n) is 9.90. The van der Waals surface area contributed by atoms with E-state index in [1.54, 1.807) is 36.4 Å². The first kappa shape index (κ1) is 13.7. The summed E-state index contributed by atoms with van der Waals surface area (Å²) in [5, 5.41) is 1.10. The van der Waals surface area contributed by atoms with Crippen LogP contribution in [-0.2, 0) is 6.61 Å². The van der Waals surface area contributed by atoms with E-state index in [0.29, 0.717) is 28.0 Å². The molecule has 0 bridgehead atoms. The summed E-state index contributed by atoms with van der Waals surface area (Å²) >= 11 is 11.8. The summed E-state index contributed by atoms with van der Waals surface area (Å²) in [7, 11) is 0. The van der Waals surface area contributed by atoms with Gasteiger partial charge in [0.25, 0.3) is 0 Å². The maximum atomic E-state index is 11.0. The lowest BCUT2D eigenvalue weighted by atomic mass is 10.1. The molecule has 0 saturated carbocycles. The van der Waals surface area contributed by atoms with Crippen LogP contribution >= 0.6 is 23.2 Å². The van der Waals surface area contributed by atoms with Gasteiger partial charge >= 0.3 is 0 Å². The van der Waals surface area contributed by atoms with Gasteiger partial charge in [0.05, 0.1) is 0 Å². The molecule has 0 aliphatic carbocycles. The number of benzene rings is 2. The van der Waals surface area contributed by atoms with Crippen LogP contribution in [0.5, 0.6) is 5.75 Å². The predicted octanol–water partition coefficient (Wildman–Crippen LogP) is 3.67. The number of carbonyl (C=O) groups is 1. The Morgan fingerprint density at radius 2 is 1.79 bits per heavy atom. The fourth-order valence-corrected chi connectivity index (χ4v) is 1.87. The normalized spacial score (nSPS) is 10.2. The van der Waals surface area contributed by atoms with Crippen LogP contribution in [0.25, 0.3) is 0 Å². The average Bonchev–Trinajstić information content (AvgIpc) is 2.39. The van der Waals surface area contributed by atoms with Gasteiger partial charge in [-0.05, 0) is 36.4 Å². The average molecular weight is 296 g/mol. The number of primary amides is 1. The van der Waals surface area contributed by atoms with Crippen molar-refractivity contribution in [3.8, 4) is 5.75 Å². The lowest BCUT2D eigenvalue weighted by Gasteiger charge is -2.08. The summed E-state index contributed by atoms with van der Waals surface area (Å²) in [5.74, 6) is 0.187. The van der Waals surface area contributed by atoms with Crippen molar-refractivity contribution in [2.45, 2.75) is 6.61 Å². The molecule has 0 aliphatic rings. The van der Waals surface area contributed by atoms with Crippen LogP contribution in [0.3, 0.4) is 0 Å². The second-order valence-electron chi connectivity index (χ2n) is 3.91. The molecule has 3 nitrogen and oxygen atoms in total. The number of hydrogen-bond donors (Lipinski definition) is 1.